The molecule has 33 heavy (non-hydrogen) atoms. The second-order valence-corrected chi connectivity index (χ2v) is 9.50. The highest BCUT2D eigenvalue weighted by atomic mass is 35.5. The standard InChI is InChI=1S/C23H19Cl4N3O3/c1-12-5-2-3-8-29(12)21(31)13-6-4-7-14(9-13)28-20-19(27)22(32)30(23(20)33)18-11-16(25)15(24)10-17(18)26/h4,6-7,9-12,28H,2-3,5,8H2,1H3. The lowest BCUT2D eigenvalue weighted by Gasteiger charge is -2.33. The molecule has 172 valence electrons. The van der Waals surface area contributed by atoms with E-state index in [0.717, 1.165) is 24.2 Å². The molecule has 6 nitrogen and oxygen atoms in total. The number of nitrogens with zero attached hydrogens (tertiary/aromatic N) is 2. The number of hydrogen-bond donors (Lipinski definition) is 1. The van der Waals surface area contributed by atoms with Crippen LogP contribution in [-0.2, 0) is 9.59 Å². The molecule has 4 rings (SSSR count). The summed E-state index contributed by atoms with van der Waals surface area (Å²) in [4.78, 5) is 41.5. The Kier molecular flexibility index (Phi) is 6.91. The molecule has 0 aromatic heterocycles. The van der Waals surface area contributed by atoms with Crippen molar-refractivity contribution in [1.82, 2.24) is 4.90 Å². The SMILES string of the molecule is CC1CCCCN1C(=O)c1cccc(NC2=C(Cl)C(=O)N(c3cc(Cl)c(Cl)cc3Cl)C2=O)c1. The smallest absolute Gasteiger partial charge is 0.283 e. The molecule has 0 aliphatic carbocycles. The van der Waals surface area contributed by atoms with Gasteiger partial charge in [0, 0.05) is 23.8 Å². The van der Waals surface area contributed by atoms with Gasteiger partial charge in [-0.25, -0.2) is 4.90 Å². The van der Waals surface area contributed by atoms with Crippen LogP contribution < -0.4 is 10.2 Å². The number of rotatable bonds is 4. The highest BCUT2D eigenvalue weighted by molar-refractivity contribution is 6.54. The van der Waals surface area contributed by atoms with Gasteiger partial charge in [-0.1, -0.05) is 52.5 Å². The van der Waals surface area contributed by atoms with Crippen molar-refractivity contribution in [3.8, 4) is 0 Å². The number of hydrogen-bond acceptors (Lipinski definition) is 4. The molecule has 3 amide bonds. The zero-order chi connectivity index (χ0) is 23.9. The predicted molar refractivity (Wildman–Crippen MR) is 131 cm³/mol. The predicted octanol–water partition coefficient (Wildman–Crippen LogP) is 6.10. The fraction of sp³-hybridized carbons (Fsp3) is 0.261. The van der Waals surface area contributed by atoms with Crippen molar-refractivity contribution in [3.63, 3.8) is 0 Å². The third-order valence-electron chi connectivity index (χ3n) is 5.70. The molecule has 2 aliphatic heterocycles. The van der Waals surface area contributed by atoms with Gasteiger partial charge >= 0.3 is 0 Å². The van der Waals surface area contributed by atoms with Crippen LogP contribution in [0, 0.1) is 0 Å². The molecule has 1 atom stereocenters. The number of halogens is 4. The van der Waals surface area contributed by atoms with Crippen molar-refractivity contribution < 1.29 is 14.4 Å². The number of benzene rings is 2. The second kappa shape index (κ2) is 9.55. The van der Waals surface area contributed by atoms with Crippen LogP contribution in [0.4, 0.5) is 11.4 Å². The van der Waals surface area contributed by atoms with Crippen LogP contribution in [0.3, 0.4) is 0 Å². The number of carbonyl (C=O) groups excluding carboxylic acids is 3. The van der Waals surface area contributed by atoms with E-state index in [1.54, 1.807) is 24.3 Å². The van der Waals surface area contributed by atoms with Crippen molar-refractivity contribution in [1.29, 1.82) is 0 Å². The van der Waals surface area contributed by atoms with Gasteiger partial charge < -0.3 is 10.2 Å². The van der Waals surface area contributed by atoms with Gasteiger partial charge in [-0.15, -0.1) is 0 Å². The Morgan fingerprint density at radius 1 is 0.970 bits per heavy atom. The number of imide groups is 1. The number of anilines is 2. The van der Waals surface area contributed by atoms with Crippen molar-refractivity contribution in [2.75, 3.05) is 16.8 Å². The van der Waals surface area contributed by atoms with Crippen LogP contribution >= 0.6 is 46.4 Å². The van der Waals surface area contributed by atoms with E-state index in [-0.39, 0.29) is 43.4 Å². The van der Waals surface area contributed by atoms with Gasteiger partial charge in [-0.3, -0.25) is 14.4 Å². The number of piperidine rings is 1. The fourth-order valence-electron chi connectivity index (χ4n) is 3.95. The van der Waals surface area contributed by atoms with Gasteiger partial charge in [0.2, 0.25) is 0 Å². The van der Waals surface area contributed by atoms with Crippen molar-refractivity contribution in [2.45, 2.75) is 32.2 Å². The minimum atomic E-state index is -0.751. The van der Waals surface area contributed by atoms with E-state index in [1.165, 1.54) is 12.1 Å². The van der Waals surface area contributed by atoms with E-state index in [1.807, 2.05) is 11.8 Å². The molecule has 0 saturated carbocycles. The van der Waals surface area contributed by atoms with Crippen LogP contribution in [0.15, 0.2) is 47.1 Å². The summed E-state index contributed by atoms with van der Waals surface area (Å²) < 4.78 is 0. The molecule has 2 aromatic rings. The first-order chi connectivity index (χ1) is 15.7. The van der Waals surface area contributed by atoms with Gasteiger partial charge in [0.15, 0.2) is 0 Å². The Hall–Kier alpha value is -2.25. The van der Waals surface area contributed by atoms with Gasteiger partial charge in [-0.2, -0.15) is 0 Å². The van der Waals surface area contributed by atoms with Gasteiger partial charge in [0.05, 0.1) is 20.8 Å². The van der Waals surface area contributed by atoms with Gasteiger partial charge in [0.25, 0.3) is 17.7 Å². The van der Waals surface area contributed by atoms with E-state index in [0.29, 0.717) is 17.8 Å². The molecular formula is C23H19Cl4N3O3. The normalized spacial score (nSPS) is 18.9. The lowest BCUT2D eigenvalue weighted by molar-refractivity contribution is -0.120. The number of carbonyl (C=O) groups is 3. The topological polar surface area (TPSA) is 69.7 Å². The molecule has 0 bridgehead atoms. The number of nitrogens with one attached hydrogen (secondary N) is 1. The van der Waals surface area contributed by atoms with Crippen molar-refractivity contribution >= 4 is 75.5 Å². The highest BCUT2D eigenvalue weighted by Crippen LogP contribution is 2.38. The molecule has 1 N–H and O–H groups in total. The van der Waals surface area contributed by atoms with Crippen LogP contribution in [-0.4, -0.2) is 35.2 Å². The van der Waals surface area contributed by atoms with Gasteiger partial charge in [0.1, 0.15) is 10.7 Å². The quantitative estimate of drug-likeness (QED) is 0.386. The molecule has 0 radical (unpaired) electrons. The molecule has 2 heterocycles. The summed E-state index contributed by atoms with van der Waals surface area (Å²) in [6, 6.07) is 9.57. The summed E-state index contributed by atoms with van der Waals surface area (Å²) >= 11 is 24.4. The molecule has 2 aromatic carbocycles. The van der Waals surface area contributed by atoms with Crippen molar-refractivity contribution in [2.24, 2.45) is 0 Å². The van der Waals surface area contributed by atoms with E-state index in [4.69, 9.17) is 46.4 Å². The van der Waals surface area contributed by atoms with E-state index < -0.39 is 11.8 Å². The third-order valence-corrected chi connectivity index (χ3v) is 7.08. The monoisotopic (exact) mass is 525 g/mol. The van der Waals surface area contributed by atoms with Crippen LogP contribution in [0.1, 0.15) is 36.5 Å². The third kappa shape index (κ3) is 4.58. The van der Waals surface area contributed by atoms with Crippen molar-refractivity contribution in [3.05, 3.63) is 67.8 Å². The Morgan fingerprint density at radius 2 is 1.70 bits per heavy atom. The van der Waals surface area contributed by atoms with E-state index in [2.05, 4.69) is 5.32 Å². The zero-order valence-electron chi connectivity index (χ0n) is 17.5. The summed E-state index contributed by atoms with van der Waals surface area (Å²) in [6.07, 6.45) is 3.05. The first-order valence-electron chi connectivity index (χ1n) is 10.3. The summed E-state index contributed by atoms with van der Waals surface area (Å²) in [5.74, 6) is -1.53. The molecule has 10 heteroatoms. The molecule has 0 spiro atoms. The average Bonchev–Trinajstić information content (AvgIpc) is 2.99. The van der Waals surface area contributed by atoms with Crippen LogP contribution in [0.25, 0.3) is 0 Å². The Morgan fingerprint density at radius 3 is 2.42 bits per heavy atom. The minimum Gasteiger partial charge on any atom is -0.350 e. The average molecular weight is 527 g/mol. The number of amides is 3. The molecule has 1 fully saturated rings. The largest absolute Gasteiger partial charge is 0.350 e. The maximum atomic E-state index is 13.1. The highest BCUT2D eigenvalue weighted by Gasteiger charge is 2.40. The Bertz CT molecular complexity index is 1200. The van der Waals surface area contributed by atoms with E-state index in [9.17, 15) is 14.4 Å². The molecular weight excluding hydrogens is 508 g/mol. The van der Waals surface area contributed by atoms with Crippen LogP contribution in [0.5, 0.6) is 0 Å². The van der Waals surface area contributed by atoms with Gasteiger partial charge in [-0.05, 0) is 56.5 Å². The first-order valence-corrected chi connectivity index (χ1v) is 11.8. The lowest BCUT2D eigenvalue weighted by atomic mass is 10.0. The van der Waals surface area contributed by atoms with Crippen LogP contribution in [0.2, 0.25) is 15.1 Å². The second-order valence-electron chi connectivity index (χ2n) is 7.90. The minimum absolute atomic E-state index is 0.0685. The summed E-state index contributed by atoms with van der Waals surface area (Å²) in [5.41, 5.74) is 0.868. The number of likely N-dealkylation sites (tertiary alicyclic amines) is 1. The first kappa shape index (κ1) is 23.9. The molecule has 1 saturated heterocycles. The van der Waals surface area contributed by atoms with E-state index >= 15 is 0 Å². The maximum Gasteiger partial charge on any atom is 0.283 e. The zero-order valence-corrected chi connectivity index (χ0v) is 20.5. The summed E-state index contributed by atoms with van der Waals surface area (Å²) in [7, 11) is 0. The molecule has 2 aliphatic rings. The summed E-state index contributed by atoms with van der Waals surface area (Å²) in [6.45, 7) is 2.75. The molecule has 1 unspecified atom stereocenters. The fourth-order valence-corrected chi connectivity index (χ4v) is 4.79. The summed E-state index contributed by atoms with van der Waals surface area (Å²) in [5, 5.41) is 2.97. The Balaban J connectivity index is 1.59. The Labute approximate surface area is 211 Å². The maximum absolute atomic E-state index is 13.1. The lowest BCUT2D eigenvalue weighted by Crippen LogP contribution is -2.42.